The number of fused-ring (bicyclic) bond motifs is 4. The molecule has 13 heteroatoms. The molecule has 0 saturated carbocycles. The Bertz CT molecular complexity index is 2570. The zero-order chi connectivity index (χ0) is 43.7. The number of carbonyl (C=O) groups is 2. The van der Waals surface area contributed by atoms with Crippen LogP contribution in [0.4, 0.5) is 4.79 Å². The van der Waals surface area contributed by atoms with Gasteiger partial charge in [0.2, 0.25) is 5.56 Å². The number of esters is 1. The van der Waals surface area contributed by atoms with Gasteiger partial charge in [0.1, 0.15) is 36.6 Å². The number of alkyl carbamates (subject to hydrolysis) is 1. The van der Waals surface area contributed by atoms with E-state index in [1.54, 1.807) is 31.4 Å². The summed E-state index contributed by atoms with van der Waals surface area (Å²) in [6, 6.07) is 35.9. The van der Waals surface area contributed by atoms with Crippen molar-refractivity contribution in [1.82, 2.24) is 20.5 Å². The number of hydrogen-bond acceptors (Lipinski definition) is 11. The molecule has 63 heavy (non-hydrogen) atoms. The van der Waals surface area contributed by atoms with E-state index < -0.39 is 24.2 Å². The Morgan fingerprint density at radius 3 is 2.40 bits per heavy atom. The van der Waals surface area contributed by atoms with Crippen LogP contribution in [-0.4, -0.2) is 78.1 Å². The van der Waals surface area contributed by atoms with Crippen molar-refractivity contribution in [2.75, 3.05) is 39.8 Å². The van der Waals surface area contributed by atoms with Crippen molar-refractivity contribution < 1.29 is 38.7 Å². The molecule has 9 rings (SSSR count). The summed E-state index contributed by atoms with van der Waals surface area (Å²) in [7, 11) is 1.59. The average Bonchev–Trinajstić information content (AvgIpc) is 3.32. The number of aromatic hydroxyl groups is 1. The van der Waals surface area contributed by atoms with Crippen molar-refractivity contribution in [2.24, 2.45) is 5.92 Å². The average molecular weight is 853 g/mol. The van der Waals surface area contributed by atoms with E-state index >= 15 is 0 Å². The third-order valence-electron chi connectivity index (χ3n) is 11.9. The van der Waals surface area contributed by atoms with Crippen LogP contribution in [0.3, 0.4) is 0 Å². The zero-order valence-corrected chi connectivity index (χ0v) is 35.1. The van der Waals surface area contributed by atoms with Gasteiger partial charge in [0.15, 0.2) is 0 Å². The predicted molar refractivity (Wildman–Crippen MR) is 238 cm³/mol. The molecule has 3 aliphatic heterocycles. The number of nitrogens with one attached hydrogen (secondary N) is 3. The summed E-state index contributed by atoms with van der Waals surface area (Å²) < 4.78 is 23.5. The van der Waals surface area contributed by atoms with Gasteiger partial charge in [0.05, 0.1) is 30.3 Å². The highest BCUT2D eigenvalue weighted by Gasteiger charge is 2.37. The molecule has 5 aromatic carbocycles. The van der Waals surface area contributed by atoms with Crippen molar-refractivity contribution >= 4 is 23.0 Å². The molecular weight excluding hydrogens is 801 g/mol. The third kappa shape index (κ3) is 10.7. The molecule has 5 N–H and O–H groups in total. The number of methoxy groups -OCH3 is 1. The van der Waals surface area contributed by atoms with E-state index in [1.807, 2.05) is 84.9 Å². The second-order valence-electron chi connectivity index (χ2n) is 16.1. The van der Waals surface area contributed by atoms with Crippen LogP contribution in [0, 0.1) is 5.92 Å². The van der Waals surface area contributed by atoms with Crippen molar-refractivity contribution in [1.29, 1.82) is 0 Å². The number of ether oxygens (including phenoxy) is 4. The van der Waals surface area contributed by atoms with Gasteiger partial charge in [-0.1, -0.05) is 72.8 Å². The quantitative estimate of drug-likeness (QED) is 0.0475. The van der Waals surface area contributed by atoms with Crippen LogP contribution in [-0.2, 0) is 29.1 Å². The van der Waals surface area contributed by atoms with Gasteiger partial charge in [-0.25, -0.2) is 9.59 Å². The first kappa shape index (κ1) is 43.0. The fraction of sp³-hybridized carbons (Fsp3) is 0.300. The van der Waals surface area contributed by atoms with Gasteiger partial charge in [0.25, 0.3) is 0 Å². The summed E-state index contributed by atoms with van der Waals surface area (Å²) in [4.78, 5) is 43.0. The van der Waals surface area contributed by atoms with E-state index in [-0.39, 0.29) is 42.7 Å². The van der Waals surface area contributed by atoms with Crippen LogP contribution < -0.4 is 25.7 Å². The summed E-state index contributed by atoms with van der Waals surface area (Å²) in [5.74, 6) is 1.19. The number of pyridine rings is 1. The molecule has 3 atom stereocenters. The molecule has 0 aliphatic carbocycles. The Kier molecular flexibility index (Phi) is 13.7. The predicted octanol–water partition coefficient (Wildman–Crippen LogP) is 6.95. The first-order chi connectivity index (χ1) is 30.7. The molecular formula is C50H52N4O9. The van der Waals surface area contributed by atoms with E-state index in [0.717, 1.165) is 60.3 Å². The summed E-state index contributed by atoms with van der Waals surface area (Å²) in [6.45, 7) is 4.06. The number of aromatic amines is 1. The number of rotatable bonds is 17. The molecule has 326 valence electrons. The highest BCUT2D eigenvalue weighted by Crippen LogP contribution is 2.32. The monoisotopic (exact) mass is 852 g/mol. The van der Waals surface area contributed by atoms with Crippen LogP contribution in [0.1, 0.15) is 68.7 Å². The molecule has 3 fully saturated rings. The first-order valence-corrected chi connectivity index (χ1v) is 21.3. The van der Waals surface area contributed by atoms with Crippen molar-refractivity contribution in [3.63, 3.8) is 0 Å². The van der Waals surface area contributed by atoms with E-state index in [9.17, 15) is 24.6 Å². The van der Waals surface area contributed by atoms with E-state index in [1.165, 1.54) is 12.1 Å². The number of carbonyl (C=O) groups excluding carboxylic acids is 2. The summed E-state index contributed by atoms with van der Waals surface area (Å²) in [5.41, 5.74) is 5.33. The Balaban J connectivity index is 0.807. The standard InChI is InChI=1S/C50H52N4O9/c1-60-44-26-33(12-13-34(44)20-23-51-28-43(56)40-16-18-42(55)48-41(40)17-19-46(57)52-48)31-62-49(58)37-14-10-32(11-15-37)30-61-39-9-5-8-38(27-39)47(36-6-3-2-4-7-36)53-50(59)63-45-29-54-24-21-35(45)22-25-54/h2-19,26-27,35,43,45,47,51,55-56H,20-25,28-31H2,1H3,(H,52,57)(H,53,59)/t43-,45+,47-/m0/s1. The van der Waals surface area contributed by atoms with Crippen molar-refractivity contribution in [2.45, 2.75) is 50.7 Å². The topological polar surface area (TPSA) is 172 Å². The number of phenols is 1. The van der Waals surface area contributed by atoms with Gasteiger partial charge in [-0.05, 0) is 121 Å². The lowest BCUT2D eigenvalue weighted by molar-refractivity contribution is -0.0336. The smallest absolute Gasteiger partial charge is 0.408 e. The molecule has 3 aliphatic rings. The maximum Gasteiger partial charge on any atom is 0.408 e. The minimum absolute atomic E-state index is 0.0588. The highest BCUT2D eigenvalue weighted by molar-refractivity contribution is 5.89. The van der Waals surface area contributed by atoms with E-state index in [0.29, 0.717) is 46.9 Å². The molecule has 1 amide bonds. The second-order valence-corrected chi connectivity index (χ2v) is 16.1. The molecule has 0 radical (unpaired) electrons. The normalized spacial score (nSPS) is 17.7. The molecule has 0 unspecified atom stereocenters. The molecule has 1 aromatic heterocycles. The lowest BCUT2D eigenvalue weighted by Crippen LogP contribution is -2.52. The number of aromatic nitrogens is 1. The number of amides is 1. The fourth-order valence-electron chi connectivity index (χ4n) is 8.46. The lowest BCUT2D eigenvalue weighted by Gasteiger charge is -2.43. The summed E-state index contributed by atoms with van der Waals surface area (Å²) in [6.07, 6.45) is 1.35. The van der Waals surface area contributed by atoms with Gasteiger partial charge >= 0.3 is 12.1 Å². The number of hydrogen-bond donors (Lipinski definition) is 5. The lowest BCUT2D eigenvalue weighted by atomic mass is 9.86. The second kappa shape index (κ2) is 20.0. The maximum atomic E-state index is 13.3. The van der Waals surface area contributed by atoms with Gasteiger partial charge in [0, 0.05) is 24.5 Å². The Morgan fingerprint density at radius 2 is 1.63 bits per heavy atom. The number of aliphatic hydroxyl groups is 1. The van der Waals surface area contributed by atoms with Gasteiger partial charge in [-0.2, -0.15) is 0 Å². The molecule has 4 heterocycles. The number of H-pyrrole nitrogens is 1. The van der Waals surface area contributed by atoms with Gasteiger partial charge in [-0.3, -0.25) is 9.69 Å². The number of phenolic OH excluding ortho intramolecular Hbond substituents is 1. The maximum absolute atomic E-state index is 13.3. The number of aliphatic hydroxyl groups excluding tert-OH is 1. The molecule has 13 nitrogen and oxygen atoms in total. The third-order valence-corrected chi connectivity index (χ3v) is 11.9. The highest BCUT2D eigenvalue weighted by atomic mass is 16.6. The Labute approximate surface area is 365 Å². The molecule has 6 aromatic rings. The Hall–Kier alpha value is -6.67. The minimum atomic E-state index is -0.868. The van der Waals surface area contributed by atoms with Gasteiger partial charge < -0.3 is 44.8 Å². The molecule has 0 spiro atoms. The van der Waals surface area contributed by atoms with Crippen LogP contribution >= 0.6 is 0 Å². The number of benzene rings is 5. The van der Waals surface area contributed by atoms with Crippen LogP contribution in [0.25, 0.3) is 10.9 Å². The van der Waals surface area contributed by atoms with Crippen molar-refractivity contribution in [3.8, 4) is 17.2 Å². The summed E-state index contributed by atoms with van der Waals surface area (Å²) >= 11 is 0. The van der Waals surface area contributed by atoms with Crippen LogP contribution in [0.15, 0.2) is 126 Å². The van der Waals surface area contributed by atoms with E-state index in [2.05, 4.69) is 20.5 Å². The number of nitrogens with zero attached hydrogens (tertiary/aromatic N) is 1. The van der Waals surface area contributed by atoms with Crippen molar-refractivity contribution in [3.05, 3.63) is 171 Å². The summed E-state index contributed by atoms with van der Waals surface area (Å²) in [5, 5.41) is 28.0. The van der Waals surface area contributed by atoms with Crippen LogP contribution in [0.2, 0.25) is 0 Å². The molecule has 2 bridgehead atoms. The fourth-order valence-corrected chi connectivity index (χ4v) is 8.46. The number of piperidine rings is 3. The zero-order valence-electron chi connectivity index (χ0n) is 35.1. The minimum Gasteiger partial charge on any atom is -0.506 e. The van der Waals surface area contributed by atoms with Crippen LogP contribution in [0.5, 0.6) is 17.2 Å². The molecule has 3 saturated heterocycles. The van der Waals surface area contributed by atoms with Gasteiger partial charge in [-0.15, -0.1) is 0 Å². The van der Waals surface area contributed by atoms with E-state index in [4.69, 9.17) is 18.9 Å². The largest absolute Gasteiger partial charge is 0.506 e. The SMILES string of the molecule is COc1cc(COC(=O)c2ccc(COc3cccc([C@@H](NC(=O)O[C@@H]4CN5CCC4CC5)c4ccccc4)c3)cc2)ccc1CCNC[C@H](O)c1ccc(O)c2[nH]c(=O)ccc12. The first-order valence-electron chi connectivity index (χ1n) is 21.3. The Morgan fingerprint density at radius 1 is 0.857 bits per heavy atom.